The van der Waals surface area contributed by atoms with E-state index in [2.05, 4.69) is 9.97 Å². The third kappa shape index (κ3) is 3.37. The van der Waals surface area contributed by atoms with Crippen molar-refractivity contribution in [2.45, 2.75) is 39.3 Å². The van der Waals surface area contributed by atoms with Crippen LogP contribution in [0.2, 0.25) is 5.02 Å². The molecule has 1 N–H and O–H groups in total. The largest absolute Gasteiger partial charge is 0.528 e. The first-order valence-electron chi connectivity index (χ1n) is 7.59. The number of rotatable bonds is 1. The van der Waals surface area contributed by atoms with Gasteiger partial charge in [-0.05, 0) is 38.8 Å². The molecule has 7 nitrogen and oxygen atoms in total. The molecule has 0 radical (unpaired) electrons. The summed E-state index contributed by atoms with van der Waals surface area (Å²) in [5, 5.41) is 2.70. The molecule has 0 aromatic carbocycles. The molecule has 0 saturated carbocycles. The number of ether oxygens (including phenoxy) is 1. The van der Waals surface area contributed by atoms with Crippen LogP contribution >= 0.6 is 11.6 Å². The number of nitrogens with one attached hydrogen (secondary N) is 1. The van der Waals surface area contributed by atoms with Crippen molar-refractivity contribution in [1.82, 2.24) is 15.0 Å². The van der Waals surface area contributed by atoms with Gasteiger partial charge in [0.05, 0.1) is 11.6 Å². The van der Waals surface area contributed by atoms with Crippen molar-refractivity contribution in [3.05, 3.63) is 38.8 Å². The Morgan fingerprint density at radius 3 is 2.83 bits per heavy atom. The quantitative estimate of drug-likeness (QED) is 0.795. The Bertz CT molecular complexity index is 857. The minimum absolute atomic E-state index is 0.172. The Hall–Kier alpha value is -2.12. The summed E-state index contributed by atoms with van der Waals surface area (Å²) >= 11 is 6.26. The lowest BCUT2D eigenvalue weighted by molar-refractivity contribution is -0.151. The number of hydrogen-bond acceptors (Lipinski definition) is 6. The number of nitrogens with zero attached hydrogens (tertiary/aromatic N) is 2. The Balaban J connectivity index is 1.88. The number of pyridine rings is 2. The molecule has 0 amide bonds. The maximum absolute atomic E-state index is 12.3. The van der Waals surface area contributed by atoms with Crippen molar-refractivity contribution >= 4 is 28.8 Å². The van der Waals surface area contributed by atoms with Crippen LogP contribution in [0.25, 0.3) is 11.0 Å². The van der Waals surface area contributed by atoms with Crippen LogP contribution in [0.3, 0.4) is 0 Å². The lowest BCUT2D eigenvalue weighted by atomic mass is 9.99. The number of halogens is 1. The zero-order chi connectivity index (χ0) is 17.5. The number of carbonyl (C=O) groups excluding carboxylic acids is 1. The molecule has 24 heavy (non-hydrogen) atoms. The van der Waals surface area contributed by atoms with Gasteiger partial charge in [0, 0.05) is 23.7 Å². The fourth-order valence-corrected chi connectivity index (χ4v) is 2.94. The van der Waals surface area contributed by atoms with Gasteiger partial charge in [-0.15, -0.1) is 5.06 Å². The second-order valence-corrected chi connectivity index (χ2v) is 7.00. The van der Waals surface area contributed by atoms with E-state index >= 15 is 0 Å². The lowest BCUT2D eigenvalue weighted by Crippen LogP contribution is -2.38. The molecule has 0 aliphatic carbocycles. The predicted octanol–water partition coefficient (Wildman–Crippen LogP) is 2.80. The summed E-state index contributed by atoms with van der Waals surface area (Å²) < 4.78 is 5.13. The first kappa shape index (κ1) is 16.7. The summed E-state index contributed by atoms with van der Waals surface area (Å²) in [6.45, 7) is 5.88. The zero-order valence-electron chi connectivity index (χ0n) is 13.7. The second-order valence-electron chi connectivity index (χ2n) is 6.60. The van der Waals surface area contributed by atoms with E-state index in [1.807, 2.05) is 0 Å². The number of hydroxylamine groups is 2. The fourth-order valence-electron chi connectivity index (χ4n) is 2.68. The highest BCUT2D eigenvalue weighted by Gasteiger charge is 2.27. The van der Waals surface area contributed by atoms with Gasteiger partial charge >= 0.3 is 6.16 Å². The molecule has 0 atom stereocenters. The highest BCUT2D eigenvalue weighted by molar-refractivity contribution is 6.35. The van der Waals surface area contributed by atoms with E-state index in [0.717, 1.165) is 10.9 Å². The Labute approximate surface area is 143 Å². The third-order valence-corrected chi connectivity index (χ3v) is 3.93. The number of aromatic nitrogens is 2. The van der Waals surface area contributed by atoms with Crippen LogP contribution in [0.4, 0.5) is 4.79 Å². The summed E-state index contributed by atoms with van der Waals surface area (Å²) in [6, 6.07) is 1.69. The summed E-state index contributed by atoms with van der Waals surface area (Å²) in [7, 11) is 0. The van der Waals surface area contributed by atoms with Crippen molar-refractivity contribution in [1.29, 1.82) is 0 Å². The molecule has 8 heteroatoms. The van der Waals surface area contributed by atoms with E-state index in [0.29, 0.717) is 29.2 Å². The van der Waals surface area contributed by atoms with E-state index < -0.39 is 11.8 Å². The van der Waals surface area contributed by atoms with E-state index in [4.69, 9.17) is 21.2 Å². The molecular formula is C16H18ClN3O4. The maximum atomic E-state index is 12.3. The molecule has 2 aromatic heterocycles. The summed E-state index contributed by atoms with van der Waals surface area (Å²) in [6.07, 6.45) is 1.28. The van der Waals surface area contributed by atoms with Gasteiger partial charge in [-0.3, -0.25) is 4.79 Å². The van der Waals surface area contributed by atoms with Gasteiger partial charge in [0.1, 0.15) is 11.2 Å². The van der Waals surface area contributed by atoms with Crippen LogP contribution in [0.15, 0.2) is 17.1 Å². The van der Waals surface area contributed by atoms with Crippen molar-refractivity contribution < 1.29 is 14.4 Å². The average molecular weight is 352 g/mol. The number of H-pyrrole nitrogens is 1. The number of hydrogen-bond donors (Lipinski definition) is 1. The number of fused-ring (bicyclic) bond motifs is 3. The van der Waals surface area contributed by atoms with Gasteiger partial charge in [-0.25, -0.2) is 9.78 Å². The standard InChI is InChI=1S/C16H18ClN3O4/c1-16(2,3)23-15(22)24-20-7-5-9-10(8-20)14(21)19-13-12(9)11(17)4-6-18-13/h4,6H,5,7-8H2,1-3H3,(H,18,19,21). The molecule has 3 rings (SSSR count). The fraction of sp³-hybridized carbons (Fsp3) is 0.438. The summed E-state index contributed by atoms with van der Waals surface area (Å²) in [4.78, 5) is 36.2. The van der Waals surface area contributed by atoms with E-state index in [1.165, 1.54) is 5.06 Å². The molecular weight excluding hydrogens is 334 g/mol. The Kier molecular flexibility index (Phi) is 4.23. The third-order valence-electron chi connectivity index (χ3n) is 3.61. The number of aromatic amines is 1. The van der Waals surface area contributed by atoms with Crippen molar-refractivity contribution in [3.63, 3.8) is 0 Å². The van der Waals surface area contributed by atoms with Crippen LogP contribution < -0.4 is 5.56 Å². The lowest BCUT2D eigenvalue weighted by Gasteiger charge is -2.28. The second kappa shape index (κ2) is 6.07. The molecule has 2 aromatic rings. The van der Waals surface area contributed by atoms with Crippen LogP contribution in [0.1, 0.15) is 31.9 Å². The highest BCUT2D eigenvalue weighted by atomic mass is 35.5. The van der Waals surface area contributed by atoms with Crippen LogP contribution in [0.5, 0.6) is 0 Å². The molecule has 1 aliphatic rings. The van der Waals surface area contributed by atoms with Gasteiger partial charge in [-0.2, -0.15) is 0 Å². The van der Waals surface area contributed by atoms with E-state index in [9.17, 15) is 9.59 Å². The smallest absolute Gasteiger partial charge is 0.427 e. The van der Waals surface area contributed by atoms with Crippen molar-refractivity contribution in [2.24, 2.45) is 0 Å². The van der Waals surface area contributed by atoms with Crippen LogP contribution in [0, 0.1) is 0 Å². The molecule has 3 heterocycles. The first-order valence-corrected chi connectivity index (χ1v) is 7.96. The molecule has 0 saturated heterocycles. The SMILES string of the molecule is CC(C)(C)OC(=O)ON1CCc2c(c(=O)[nH]c3nccc(Cl)c23)C1. The summed E-state index contributed by atoms with van der Waals surface area (Å²) in [5.74, 6) is 0. The molecule has 0 spiro atoms. The topological polar surface area (TPSA) is 84.5 Å². The van der Waals surface area contributed by atoms with Gasteiger partial charge in [-0.1, -0.05) is 11.6 Å². The molecule has 1 aliphatic heterocycles. The molecule has 0 bridgehead atoms. The normalized spacial score (nSPS) is 15.2. The van der Waals surface area contributed by atoms with Crippen LogP contribution in [-0.2, 0) is 22.5 Å². The predicted molar refractivity (Wildman–Crippen MR) is 88.8 cm³/mol. The van der Waals surface area contributed by atoms with Crippen molar-refractivity contribution in [3.8, 4) is 0 Å². The van der Waals surface area contributed by atoms with Crippen molar-refractivity contribution in [2.75, 3.05) is 6.54 Å². The van der Waals surface area contributed by atoms with Crippen LogP contribution in [-0.4, -0.2) is 33.3 Å². The monoisotopic (exact) mass is 351 g/mol. The minimum Gasteiger partial charge on any atom is -0.427 e. The summed E-state index contributed by atoms with van der Waals surface area (Å²) in [5.41, 5.74) is 0.929. The maximum Gasteiger partial charge on any atom is 0.528 e. The number of carbonyl (C=O) groups is 1. The van der Waals surface area contributed by atoms with Gasteiger partial charge in [0.15, 0.2) is 0 Å². The Morgan fingerprint density at radius 1 is 1.38 bits per heavy atom. The molecule has 128 valence electrons. The van der Waals surface area contributed by atoms with E-state index in [-0.39, 0.29) is 12.1 Å². The van der Waals surface area contributed by atoms with Gasteiger partial charge in [0.25, 0.3) is 5.56 Å². The van der Waals surface area contributed by atoms with E-state index in [1.54, 1.807) is 33.0 Å². The first-order chi connectivity index (χ1) is 11.2. The zero-order valence-corrected chi connectivity index (χ0v) is 14.4. The van der Waals surface area contributed by atoms with Gasteiger partial charge < -0.3 is 14.6 Å². The highest BCUT2D eigenvalue weighted by Crippen LogP contribution is 2.28. The average Bonchev–Trinajstić information content (AvgIpc) is 2.45. The Morgan fingerprint density at radius 2 is 2.12 bits per heavy atom. The molecule has 0 fully saturated rings. The van der Waals surface area contributed by atoms with Gasteiger partial charge in [0.2, 0.25) is 0 Å². The minimum atomic E-state index is -0.789. The molecule has 0 unspecified atom stereocenters.